The van der Waals surface area contributed by atoms with Gasteiger partial charge in [0.05, 0.1) is 12.4 Å². The topological polar surface area (TPSA) is 59.9 Å². The van der Waals surface area contributed by atoms with Gasteiger partial charge in [0.2, 0.25) is 5.88 Å². The zero-order chi connectivity index (χ0) is 13.8. The van der Waals surface area contributed by atoms with E-state index in [0.29, 0.717) is 17.4 Å². The van der Waals surface area contributed by atoms with Crippen molar-refractivity contribution in [2.24, 2.45) is 0 Å². The van der Waals surface area contributed by atoms with Gasteiger partial charge in [-0.2, -0.15) is 4.98 Å². The molecule has 3 aromatic rings. The van der Waals surface area contributed by atoms with Crippen molar-refractivity contribution < 1.29 is 4.74 Å². The summed E-state index contributed by atoms with van der Waals surface area (Å²) in [6.45, 7) is 2.79. The number of ether oxygens (including phenoxy) is 1. The van der Waals surface area contributed by atoms with Crippen LogP contribution in [0.5, 0.6) is 11.6 Å². The lowest BCUT2D eigenvalue weighted by molar-refractivity contribution is 0.465. The number of fused-ring (bicyclic) bond motifs is 1. The predicted molar refractivity (Wildman–Crippen MR) is 78.0 cm³/mol. The first-order valence-electron chi connectivity index (χ1n) is 6.44. The molecular weight excluding hydrogens is 252 g/mol. The smallest absolute Gasteiger partial charge is 0.239 e. The van der Waals surface area contributed by atoms with Crippen LogP contribution in [-0.2, 0) is 0 Å². The summed E-state index contributed by atoms with van der Waals surface area (Å²) in [4.78, 5) is 12.8. The first-order valence-corrected chi connectivity index (χ1v) is 6.44. The summed E-state index contributed by atoms with van der Waals surface area (Å²) in [5.41, 5.74) is 0.811. The van der Waals surface area contributed by atoms with Crippen molar-refractivity contribution in [3.05, 3.63) is 48.9 Å². The zero-order valence-corrected chi connectivity index (χ0v) is 11.1. The van der Waals surface area contributed by atoms with Crippen molar-refractivity contribution >= 4 is 16.7 Å². The van der Waals surface area contributed by atoms with Gasteiger partial charge in [0.15, 0.2) is 5.75 Å². The van der Waals surface area contributed by atoms with Crippen LogP contribution < -0.4 is 10.1 Å². The SMILES string of the molecule is CCNc1cncc(Oc2cccc3cccnc23)n1. The molecule has 100 valence electrons. The van der Waals surface area contributed by atoms with Gasteiger partial charge in [0.1, 0.15) is 11.3 Å². The van der Waals surface area contributed by atoms with E-state index in [1.165, 1.54) is 0 Å². The number of benzene rings is 1. The minimum Gasteiger partial charge on any atom is -0.435 e. The maximum absolute atomic E-state index is 5.80. The third kappa shape index (κ3) is 2.51. The maximum atomic E-state index is 5.80. The Labute approximate surface area is 116 Å². The lowest BCUT2D eigenvalue weighted by Gasteiger charge is -2.08. The first-order chi connectivity index (χ1) is 9.86. The summed E-state index contributed by atoms with van der Waals surface area (Å²) in [6, 6.07) is 9.70. The average molecular weight is 266 g/mol. The molecule has 2 heterocycles. The van der Waals surface area contributed by atoms with Crippen LogP contribution in [-0.4, -0.2) is 21.5 Å². The molecule has 0 radical (unpaired) electrons. The van der Waals surface area contributed by atoms with E-state index in [1.807, 2.05) is 37.3 Å². The Balaban J connectivity index is 1.95. The molecule has 3 rings (SSSR count). The van der Waals surface area contributed by atoms with Crippen LogP contribution in [0.3, 0.4) is 0 Å². The van der Waals surface area contributed by atoms with Crippen LogP contribution in [0.4, 0.5) is 5.82 Å². The van der Waals surface area contributed by atoms with E-state index < -0.39 is 0 Å². The Morgan fingerprint density at radius 3 is 2.95 bits per heavy atom. The summed E-state index contributed by atoms with van der Waals surface area (Å²) in [5, 5.41) is 4.13. The minimum atomic E-state index is 0.446. The number of rotatable bonds is 4. The fourth-order valence-electron chi connectivity index (χ4n) is 1.93. The second-order valence-electron chi connectivity index (χ2n) is 4.21. The molecule has 20 heavy (non-hydrogen) atoms. The van der Waals surface area contributed by atoms with Gasteiger partial charge in [-0.3, -0.25) is 9.97 Å². The Morgan fingerprint density at radius 1 is 1.15 bits per heavy atom. The van der Waals surface area contributed by atoms with Gasteiger partial charge in [-0.05, 0) is 19.1 Å². The molecule has 2 aromatic heterocycles. The van der Waals surface area contributed by atoms with Crippen molar-refractivity contribution in [3.8, 4) is 11.6 Å². The minimum absolute atomic E-state index is 0.446. The van der Waals surface area contributed by atoms with Crippen molar-refractivity contribution in [3.63, 3.8) is 0 Å². The monoisotopic (exact) mass is 266 g/mol. The molecule has 1 N–H and O–H groups in total. The van der Waals surface area contributed by atoms with E-state index in [9.17, 15) is 0 Å². The Bertz CT molecular complexity index is 724. The number of nitrogens with one attached hydrogen (secondary N) is 1. The third-order valence-electron chi connectivity index (χ3n) is 2.78. The zero-order valence-electron chi connectivity index (χ0n) is 11.1. The van der Waals surface area contributed by atoms with Crippen LogP contribution in [0.25, 0.3) is 10.9 Å². The van der Waals surface area contributed by atoms with Crippen LogP contribution >= 0.6 is 0 Å². The summed E-state index contributed by atoms with van der Waals surface area (Å²) in [7, 11) is 0. The van der Waals surface area contributed by atoms with E-state index in [-0.39, 0.29) is 0 Å². The largest absolute Gasteiger partial charge is 0.435 e. The molecule has 0 saturated heterocycles. The van der Waals surface area contributed by atoms with Gasteiger partial charge in [-0.1, -0.05) is 18.2 Å². The van der Waals surface area contributed by atoms with Crippen LogP contribution in [0.15, 0.2) is 48.9 Å². The van der Waals surface area contributed by atoms with Gasteiger partial charge in [0.25, 0.3) is 0 Å². The Hall–Kier alpha value is -2.69. The van der Waals surface area contributed by atoms with Crippen molar-refractivity contribution in [1.82, 2.24) is 15.0 Å². The molecule has 0 aliphatic carbocycles. The number of pyridine rings is 1. The van der Waals surface area contributed by atoms with E-state index in [1.54, 1.807) is 18.6 Å². The fraction of sp³-hybridized carbons (Fsp3) is 0.133. The molecule has 0 bridgehead atoms. The van der Waals surface area contributed by atoms with E-state index >= 15 is 0 Å². The highest BCUT2D eigenvalue weighted by atomic mass is 16.5. The summed E-state index contributed by atoms with van der Waals surface area (Å²) in [6.07, 6.45) is 5.00. The number of nitrogens with zero attached hydrogens (tertiary/aromatic N) is 3. The normalized spacial score (nSPS) is 10.4. The van der Waals surface area contributed by atoms with Gasteiger partial charge >= 0.3 is 0 Å². The number of aromatic nitrogens is 3. The molecule has 0 spiro atoms. The van der Waals surface area contributed by atoms with Crippen molar-refractivity contribution in [2.75, 3.05) is 11.9 Å². The molecule has 0 fully saturated rings. The molecule has 1 aromatic carbocycles. The number of hydrogen-bond donors (Lipinski definition) is 1. The molecule has 5 nitrogen and oxygen atoms in total. The molecule has 0 aliphatic heterocycles. The third-order valence-corrected chi connectivity index (χ3v) is 2.78. The number of para-hydroxylation sites is 1. The molecule has 0 aliphatic rings. The molecular formula is C15H14N4O. The Morgan fingerprint density at radius 2 is 2.05 bits per heavy atom. The summed E-state index contributed by atoms with van der Waals surface area (Å²) >= 11 is 0. The standard InChI is InChI=1S/C15H14N4O/c1-2-17-13-9-16-10-14(19-13)20-12-7-3-5-11-6-4-8-18-15(11)12/h3-10H,2H2,1H3,(H,17,19). The van der Waals surface area contributed by atoms with E-state index in [4.69, 9.17) is 4.74 Å². The molecule has 0 unspecified atom stereocenters. The summed E-state index contributed by atoms with van der Waals surface area (Å²) < 4.78 is 5.80. The highest BCUT2D eigenvalue weighted by Crippen LogP contribution is 2.27. The van der Waals surface area contributed by atoms with Gasteiger partial charge in [-0.25, -0.2) is 0 Å². The Kier molecular flexibility index (Phi) is 3.41. The van der Waals surface area contributed by atoms with Gasteiger partial charge in [0, 0.05) is 18.1 Å². The molecule has 0 atom stereocenters. The highest BCUT2D eigenvalue weighted by molar-refractivity contribution is 5.84. The number of anilines is 1. The van der Waals surface area contributed by atoms with Crippen LogP contribution in [0.1, 0.15) is 6.92 Å². The summed E-state index contributed by atoms with van der Waals surface area (Å²) in [5.74, 6) is 1.81. The predicted octanol–water partition coefficient (Wildman–Crippen LogP) is 3.25. The first kappa shape index (κ1) is 12.3. The second kappa shape index (κ2) is 5.52. The fourth-order valence-corrected chi connectivity index (χ4v) is 1.93. The van der Waals surface area contributed by atoms with Crippen LogP contribution in [0.2, 0.25) is 0 Å². The van der Waals surface area contributed by atoms with E-state index in [0.717, 1.165) is 17.4 Å². The molecule has 5 heteroatoms. The molecule has 0 amide bonds. The lowest BCUT2D eigenvalue weighted by Crippen LogP contribution is -2.00. The number of hydrogen-bond acceptors (Lipinski definition) is 5. The van der Waals surface area contributed by atoms with Crippen molar-refractivity contribution in [2.45, 2.75) is 6.92 Å². The highest BCUT2D eigenvalue weighted by Gasteiger charge is 2.06. The van der Waals surface area contributed by atoms with Crippen molar-refractivity contribution in [1.29, 1.82) is 0 Å². The lowest BCUT2D eigenvalue weighted by atomic mass is 10.2. The van der Waals surface area contributed by atoms with E-state index in [2.05, 4.69) is 20.3 Å². The quantitative estimate of drug-likeness (QED) is 0.785. The van der Waals surface area contributed by atoms with Gasteiger partial charge < -0.3 is 10.1 Å². The average Bonchev–Trinajstić information content (AvgIpc) is 2.48. The van der Waals surface area contributed by atoms with Crippen LogP contribution in [0, 0.1) is 0 Å². The maximum Gasteiger partial charge on any atom is 0.239 e. The molecule has 0 saturated carbocycles. The second-order valence-corrected chi connectivity index (χ2v) is 4.21. The van der Waals surface area contributed by atoms with Gasteiger partial charge in [-0.15, -0.1) is 0 Å².